The van der Waals surface area contributed by atoms with E-state index >= 15 is 0 Å². The number of aromatic nitrogens is 2. The number of sulfonamides is 1. The molecule has 1 aliphatic heterocycles. The van der Waals surface area contributed by atoms with Crippen molar-refractivity contribution in [3.63, 3.8) is 0 Å². The summed E-state index contributed by atoms with van der Waals surface area (Å²) in [5, 5.41) is 5.98. The third-order valence-corrected chi connectivity index (χ3v) is 8.80. The molecule has 4 rings (SSSR count). The first-order valence-electron chi connectivity index (χ1n) is 11.1. The van der Waals surface area contributed by atoms with Crippen LogP contribution in [0, 0.1) is 5.92 Å². The molecule has 1 unspecified atom stereocenters. The van der Waals surface area contributed by atoms with Crippen LogP contribution in [0.4, 0.5) is 0 Å². The van der Waals surface area contributed by atoms with Gasteiger partial charge in [-0.25, -0.2) is 13.1 Å². The fourth-order valence-electron chi connectivity index (χ4n) is 4.61. The van der Waals surface area contributed by atoms with E-state index in [9.17, 15) is 12.6 Å². The Balaban J connectivity index is 1.57. The van der Waals surface area contributed by atoms with E-state index in [0.29, 0.717) is 30.4 Å². The number of benzene rings is 1. The Morgan fingerprint density at radius 1 is 1.23 bits per heavy atom. The van der Waals surface area contributed by atoms with Gasteiger partial charge in [-0.05, 0) is 37.3 Å². The van der Waals surface area contributed by atoms with Gasteiger partial charge in [0.05, 0.1) is 23.7 Å². The van der Waals surface area contributed by atoms with Crippen LogP contribution in [0.2, 0.25) is 0 Å². The molecule has 1 N–H and O–H groups in total. The van der Waals surface area contributed by atoms with Crippen molar-refractivity contribution in [1.29, 1.82) is 0 Å². The monoisotopic (exact) mass is 461 g/mol. The molecule has 31 heavy (non-hydrogen) atoms. The predicted octanol–water partition coefficient (Wildman–Crippen LogP) is 3.60. The minimum atomic E-state index is -3.58. The van der Waals surface area contributed by atoms with Crippen molar-refractivity contribution in [3.05, 3.63) is 58.3 Å². The highest BCUT2D eigenvalue weighted by Crippen LogP contribution is 2.27. The molecule has 1 fully saturated rings. The summed E-state index contributed by atoms with van der Waals surface area (Å²) < 4.78 is 42.5. The molecule has 6 nitrogen and oxygen atoms in total. The van der Waals surface area contributed by atoms with Gasteiger partial charge in [-0.2, -0.15) is 5.10 Å². The zero-order valence-electron chi connectivity index (χ0n) is 18.0. The van der Waals surface area contributed by atoms with E-state index in [4.69, 9.17) is 5.10 Å². The lowest BCUT2D eigenvalue weighted by atomic mass is 9.85. The number of rotatable bonds is 7. The maximum Gasteiger partial charge on any atom is 0.234 e. The zero-order valence-corrected chi connectivity index (χ0v) is 19.6. The van der Waals surface area contributed by atoms with Crippen LogP contribution in [0.3, 0.4) is 0 Å². The Hall–Kier alpha value is -1.77. The molecule has 1 aliphatic carbocycles. The molecule has 2 atom stereocenters. The van der Waals surface area contributed by atoms with Gasteiger partial charge in [0, 0.05) is 40.0 Å². The van der Waals surface area contributed by atoms with Crippen LogP contribution in [0.5, 0.6) is 0 Å². The van der Waals surface area contributed by atoms with Crippen LogP contribution in [0.25, 0.3) is 6.08 Å². The van der Waals surface area contributed by atoms with Gasteiger partial charge in [-0.3, -0.25) is 8.89 Å². The first-order chi connectivity index (χ1) is 14.9. The van der Waals surface area contributed by atoms with Crippen molar-refractivity contribution in [2.45, 2.75) is 63.8 Å². The van der Waals surface area contributed by atoms with E-state index in [1.807, 2.05) is 41.9 Å². The topological polar surface area (TPSA) is 81.1 Å². The standard InChI is InChI=1S/C23H31N3O3S2/c1-18(20-10-6-3-7-11-20)25-31(28,29)15-13-23-21-17-30(27)14-12-22(21)24-26(23)16-19-8-4-2-5-9-19/h2,4-5,8-9,13,15,18,20,25H,3,6-7,10-12,14,16-17H2,1H3/t18-,30?/m1/s1. The van der Waals surface area contributed by atoms with E-state index in [2.05, 4.69) is 4.72 Å². The SMILES string of the molecule is C[C@@H](NS(=O)(=O)C=Cc1c2c(nn1Cc1ccccc1)CCS(=O)C2)C1CCCCC1. The number of nitrogens with zero attached hydrogens (tertiary/aromatic N) is 2. The summed E-state index contributed by atoms with van der Waals surface area (Å²) in [5.74, 6) is 1.43. The Labute approximate surface area is 187 Å². The lowest BCUT2D eigenvalue weighted by molar-refractivity contribution is 0.303. The molecule has 0 amide bonds. The summed E-state index contributed by atoms with van der Waals surface area (Å²) in [6.45, 7) is 2.51. The van der Waals surface area contributed by atoms with Crippen LogP contribution in [-0.2, 0) is 39.5 Å². The second kappa shape index (κ2) is 9.79. The van der Waals surface area contributed by atoms with Crippen LogP contribution in [-0.4, -0.2) is 34.2 Å². The number of aryl methyl sites for hydroxylation is 1. The molecule has 2 aliphatic rings. The van der Waals surface area contributed by atoms with Gasteiger partial charge in [0.25, 0.3) is 0 Å². The molecule has 2 heterocycles. The quantitative estimate of drug-likeness (QED) is 0.683. The summed E-state index contributed by atoms with van der Waals surface area (Å²) >= 11 is 0. The van der Waals surface area contributed by atoms with E-state index in [-0.39, 0.29) is 6.04 Å². The number of nitrogens with one attached hydrogen (secondary N) is 1. The van der Waals surface area contributed by atoms with Crippen LogP contribution < -0.4 is 4.72 Å². The smallest absolute Gasteiger partial charge is 0.234 e. The van der Waals surface area contributed by atoms with Crippen molar-refractivity contribution in [3.8, 4) is 0 Å². The summed E-state index contributed by atoms with van der Waals surface area (Å²) in [6, 6.07) is 9.89. The maximum absolute atomic E-state index is 12.8. The van der Waals surface area contributed by atoms with Crippen molar-refractivity contribution in [1.82, 2.24) is 14.5 Å². The molecule has 0 spiro atoms. The second-order valence-electron chi connectivity index (χ2n) is 8.64. The van der Waals surface area contributed by atoms with Gasteiger partial charge in [-0.15, -0.1) is 0 Å². The highest BCUT2D eigenvalue weighted by molar-refractivity contribution is 7.92. The molecule has 0 bridgehead atoms. The molecule has 0 saturated heterocycles. The first kappa shape index (κ1) is 22.4. The van der Waals surface area contributed by atoms with E-state index < -0.39 is 20.8 Å². The third-order valence-electron chi connectivity index (χ3n) is 6.34. The fourth-order valence-corrected chi connectivity index (χ4v) is 6.91. The molecule has 1 aromatic heterocycles. The van der Waals surface area contributed by atoms with Gasteiger partial charge < -0.3 is 0 Å². The van der Waals surface area contributed by atoms with E-state index in [1.165, 1.54) is 24.7 Å². The summed E-state index contributed by atoms with van der Waals surface area (Å²) in [7, 11) is -4.52. The fraction of sp³-hybridized carbons (Fsp3) is 0.522. The molecule has 2 aromatic rings. The number of hydrogen-bond donors (Lipinski definition) is 1. The average molecular weight is 462 g/mol. The van der Waals surface area contributed by atoms with Crippen LogP contribution in [0.1, 0.15) is 61.5 Å². The highest BCUT2D eigenvalue weighted by atomic mass is 32.2. The number of fused-ring (bicyclic) bond motifs is 1. The normalized spacial score (nSPS) is 21.3. The average Bonchev–Trinajstić information content (AvgIpc) is 3.09. The summed E-state index contributed by atoms with van der Waals surface area (Å²) in [4.78, 5) is 0. The Bertz CT molecular complexity index is 1060. The molecular formula is C23H31N3O3S2. The minimum absolute atomic E-state index is 0.0781. The van der Waals surface area contributed by atoms with E-state index in [1.54, 1.807) is 6.08 Å². The minimum Gasteiger partial charge on any atom is -0.260 e. The zero-order chi connectivity index (χ0) is 21.8. The van der Waals surface area contributed by atoms with Crippen molar-refractivity contribution < 1.29 is 12.6 Å². The van der Waals surface area contributed by atoms with Gasteiger partial charge in [0.1, 0.15) is 0 Å². The highest BCUT2D eigenvalue weighted by Gasteiger charge is 2.25. The lowest BCUT2D eigenvalue weighted by Gasteiger charge is -2.27. The third kappa shape index (κ3) is 5.73. The van der Waals surface area contributed by atoms with Crippen LogP contribution >= 0.6 is 0 Å². The second-order valence-corrected chi connectivity index (χ2v) is 11.8. The Morgan fingerprint density at radius 3 is 2.71 bits per heavy atom. The lowest BCUT2D eigenvalue weighted by Crippen LogP contribution is -2.37. The van der Waals surface area contributed by atoms with Crippen molar-refractivity contribution in [2.75, 3.05) is 5.75 Å². The Morgan fingerprint density at radius 2 is 1.97 bits per heavy atom. The molecule has 1 saturated carbocycles. The largest absolute Gasteiger partial charge is 0.260 e. The van der Waals surface area contributed by atoms with Gasteiger partial charge >= 0.3 is 0 Å². The molecule has 168 valence electrons. The van der Waals surface area contributed by atoms with Gasteiger partial charge in [-0.1, -0.05) is 49.6 Å². The van der Waals surface area contributed by atoms with E-state index in [0.717, 1.165) is 35.4 Å². The predicted molar refractivity (Wildman–Crippen MR) is 125 cm³/mol. The van der Waals surface area contributed by atoms with Crippen molar-refractivity contribution >= 4 is 26.9 Å². The number of hydrogen-bond acceptors (Lipinski definition) is 4. The molecular weight excluding hydrogens is 430 g/mol. The van der Waals surface area contributed by atoms with Crippen molar-refractivity contribution in [2.24, 2.45) is 5.92 Å². The Kier molecular flexibility index (Phi) is 7.08. The van der Waals surface area contributed by atoms with Gasteiger partial charge in [0.2, 0.25) is 10.0 Å². The van der Waals surface area contributed by atoms with Crippen LogP contribution in [0.15, 0.2) is 35.7 Å². The molecule has 1 aromatic carbocycles. The summed E-state index contributed by atoms with van der Waals surface area (Å²) in [5.41, 5.74) is 3.66. The maximum atomic E-state index is 12.8. The molecule has 8 heteroatoms. The van der Waals surface area contributed by atoms with Gasteiger partial charge in [0.15, 0.2) is 0 Å². The summed E-state index contributed by atoms with van der Waals surface area (Å²) in [6.07, 6.45) is 8.05. The first-order valence-corrected chi connectivity index (χ1v) is 14.1. The molecule has 0 radical (unpaired) electrons.